The number of nitrogens with one attached hydrogen (secondary N) is 1. The van der Waals surface area contributed by atoms with Crippen LogP contribution in [0.5, 0.6) is 0 Å². The summed E-state index contributed by atoms with van der Waals surface area (Å²) < 4.78 is 4.40. The lowest BCUT2D eigenvalue weighted by molar-refractivity contribution is 0.366. The van der Waals surface area contributed by atoms with Crippen molar-refractivity contribution >= 4 is 22.1 Å². The van der Waals surface area contributed by atoms with Gasteiger partial charge in [0.1, 0.15) is 17.9 Å². The maximum atomic E-state index is 4.98. The van der Waals surface area contributed by atoms with E-state index in [1.54, 1.807) is 0 Å². The van der Waals surface area contributed by atoms with Crippen LogP contribution >= 0.6 is 0 Å². The number of para-hydroxylation sites is 3. The first-order valence-corrected chi connectivity index (χ1v) is 9.82. The van der Waals surface area contributed by atoms with Crippen molar-refractivity contribution in [1.82, 2.24) is 29.9 Å². The van der Waals surface area contributed by atoms with Crippen molar-refractivity contribution in [3.05, 3.63) is 54.4 Å². The van der Waals surface area contributed by atoms with Crippen LogP contribution < -0.4 is 5.32 Å². The Balaban J connectivity index is 1.63. The molecule has 1 fully saturated rings. The number of hydrogen-bond donors (Lipinski definition) is 1. The molecular weight excluding hydrogens is 336 g/mol. The molecule has 138 valence electrons. The van der Waals surface area contributed by atoms with Gasteiger partial charge in [0, 0.05) is 6.04 Å². The molecular formula is C21H24N6. The molecule has 1 aliphatic heterocycles. The summed E-state index contributed by atoms with van der Waals surface area (Å²) in [5, 5.41) is 12.4. The molecule has 3 heterocycles. The topological polar surface area (TPSA) is 60.6 Å². The molecule has 5 rings (SSSR count). The largest absolute Gasteiger partial charge is 0.322 e. The van der Waals surface area contributed by atoms with E-state index in [2.05, 4.69) is 57.5 Å². The lowest BCUT2D eigenvalue weighted by Crippen LogP contribution is -2.33. The highest BCUT2D eigenvalue weighted by Crippen LogP contribution is 2.29. The van der Waals surface area contributed by atoms with Crippen LogP contribution in [0.25, 0.3) is 22.1 Å². The van der Waals surface area contributed by atoms with Gasteiger partial charge in [-0.05, 0) is 50.1 Å². The van der Waals surface area contributed by atoms with E-state index in [4.69, 9.17) is 4.98 Å². The number of fused-ring (bicyclic) bond motifs is 2. The first kappa shape index (κ1) is 16.4. The second-order valence-electron chi connectivity index (χ2n) is 7.30. The van der Waals surface area contributed by atoms with Gasteiger partial charge in [0.15, 0.2) is 0 Å². The third-order valence-electron chi connectivity index (χ3n) is 5.69. The molecule has 2 aromatic carbocycles. The number of aromatic nitrogens is 5. The number of hydrogen-bond acceptors (Lipinski definition) is 4. The molecule has 0 saturated carbocycles. The fraction of sp³-hybridized carbons (Fsp3) is 0.381. The molecule has 0 bridgehead atoms. The Morgan fingerprint density at radius 1 is 1.07 bits per heavy atom. The van der Waals surface area contributed by atoms with Crippen molar-refractivity contribution < 1.29 is 0 Å². The second-order valence-corrected chi connectivity index (χ2v) is 7.30. The highest BCUT2D eigenvalue weighted by atomic mass is 15.4. The summed E-state index contributed by atoms with van der Waals surface area (Å²) in [6.45, 7) is 4.00. The summed E-state index contributed by atoms with van der Waals surface area (Å²) in [5.41, 5.74) is 4.22. The Kier molecular flexibility index (Phi) is 4.13. The lowest BCUT2D eigenvalue weighted by Gasteiger charge is -2.26. The van der Waals surface area contributed by atoms with Crippen molar-refractivity contribution in [2.24, 2.45) is 0 Å². The van der Waals surface area contributed by atoms with Crippen molar-refractivity contribution in [1.29, 1.82) is 0 Å². The van der Waals surface area contributed by atoms with E-state index in [9.17, 15) is 0 Å². The van der Waals surface area contributed by atoms with Crippen LogP contribution in [0.2, 0.25) is 0 Å². The van der Waals surface area contributed by atoms with Gasteiger partial charge in [-0.15, -0.1) is 5.10 Å². The van der Waals surface area contributed by atoms with Crippen LogP contribution in [0.3, 0.4) is 0 Å². The highest BCUT2D eigenvalue weighted by molar-refractivity contribution is 5.76. The first-order chi connectivity index (χ1) is 13.3. The van der Waals surface area contributed by atoms with Crippen LogP contribution in [-0.4, -0.2) is 37.1 Å². The Morgan fingerprint density at radius 2 is 1.85 bits per heavy atom. The Morgan fingerprint density at radius 3 is 2.63 bits per heavy atom. The van der Waals surface area contributed by atoms with Gasteiger partial charge in [0.05, 0.1) is 22.6 Å². The summed E-state index contributed by atoms with van der Waals surface area (Å²) in [6.07, 6.45) is 3.54. The van der Waals surface area contributed by atoms with Crippen LogP contribution in [0, 0.1) is 0 Å². The second kappa shape index (κ2) is 6.78. The maximum absolute atomic E-state index is 4.98. The van der Waals surface area contributed by atoms with E-state index in [1.165, 1.54) is 18.4 Å². The van der Waals surface area contributed by atoms with E-state index < -0.39 is 0 Å². The van der Waals surface area contributed by atoms with Gasteiger partial charge in [-0.3, -0.25) is 0 Å². The number of rotatable bonds is 5. The number of nitrogens with zero attached hydrogens (tertiary/aromatic N) is 5. The third-order valence-corrected chi connectivity index (χ3v) is 5.69. The quantitative estimate of drug-likeness (QED) is 0.591. The number of imidazole rings is 1. The molecule has 0 radical (unpaired) electrons. The van der Waals surface area contributed by atoms with Crippen LogP contribution in [0.1, 0.15) is 38.1 Å². The molecule has 6 nitrogen and oxygen atoms in total. The first-order valence-electron chi connectivity index (χ1n) is 9.82. The summed E-state index contributed by atoms with van der Waals surface area (Å²) in [5.74, 6) is 1.05. The highest BCUT2D eigenvalue weighted by Gasteiger charge is 2.28. The summed E-state index contributed by atoms with van der Waals surface area (Å²) >= 11 is 0. The predicted molar refractivity (Wildman–Crippen MR) is 107 cm³/mol. The molecule has 4 aromatic rings. The molecule has 1 N–H and O–H groups in total. The third kappa shape index (κ3) is 2.80. The zero-order chi connectivity index (χ0) is 18.2. The molecule has 2 atom stereocenters. The monoisotopic (exact) mass is 360 g/mol. The van der Waals surface area contributed by atoms with Gasteiger partial charge in [-0.25, -0.2) is 9.67 Å². The Labute approximate surface area is 158 Å². The summed E-state index contributed by atoms with van der Waals surface area (Å²) in [7, 11) is 0. The Bertz CT molecular complexity index is 1070. The van der Waals surface area contributed by atoms with Gasteiger partial charge >= 0.3 is 0 Å². The van der Waals surface area contributed by atoms with Crippen molar-refractivity contribution in [2.45, 2.75) is 44.8 Å². The molecule has 0 spiro atoms. The van der Waals surface area contributed by atoms with E-state index in [0.29, 0.717) is 18.6 Å². The standard InChI is InChI=1S/C21H24N6/c1-2-18(15-10-7-13-22-15)27-20-12-6-3-8-16(20)23-21(27)14-26-19-11-5-4-9-17(19)24-25-26/h3-6,8-9,11-12,15,18,22H,2,7,10,13-14H2,1H3. The maximum Gasteiger partial charge on any atom is 0.132 e. The zero-order valence-electron chi connectivity index (χ0n) is 15.5. The van der Waals surface area contributed by atoms with Gasteiger partial charge in [0.2, 0.25) is 0 Å². The van der Waals surface area contributed by atoms with Gasteiger partial charge in [-0.2, -0.15) is 0 Å². The number of benzene rings is 2. The van der Waals surface area contributed by atoms with Gasteiger partial charge in [0.25, 0.3) is 0 Å². The van der Waals surface area contributed by atoms with Crippen molar-refractivity contribution in [2.75, 3.05) is 6.54 Å². The molecule has 0 amide bonds. The minimum Gasteiger partial charge on any atom is -0.322 e. The van der Waals surface area contributed by atoms with Crippen LogP contribution in [0.4, 0.5) is 0 Å². The lowest BCUT2D eigenvalue weighted by atomic mass is 10.0. The molecule has 2 aromatic heterocycles. The van der Waals surface area contributed by atoms with Crippen LogP contribution in [0.15, 0.2) is 48.5 Å². The summed E-state index contributed by atoms with van der Waals surface area (Å²) in [4.78, 5) is 4.98. The van der Waals surface area contributed by atoms with Crippen LogP contribution in [-0.2, 0) is 6.54 Å². The summed E-state index contributed by atoms with van der Waals surface area (Å²) in [6, 6.07) is 17.4. The fourth-order valence-electron chi connectivity index (χ4n) is 4.43. The van der Waals surface area contributed by atoms with Crippen molar-refractivity contribution in [3.8, 4) is 0 Å². The molecule has 1 saturated heterocycles. The van der Waals surface area contributed by atoms with E-state index in [1.807, 2.05) is 22.9 Å². The predicted octanol–water partition coefficient (Wildman–Crippen LogP) is 3.53. The van der Waals surface area contributed by atoms with E-state index in [0.717, 1.165) is 35.3 Å². The Hall–Kier alpha value is -2.73. The molecule has 1 aliphatic rings. The van der Waals surface area contributed by atoms with Crippen molar-refractivity contribution in [3.63, 3.8) is 0 Å². The average Bonchev–Trinajstić information content (AvgIpc) is 3.43. The minimum absolute atomic E-state index is 0.393. The fourth-order valence-corrected chi connectivity index (χ4v) is 4.43. The smallest absolute Gasteiger partial charge is 0.132 e. The molecule has 0 aliphatic carbocycles. The van der Waals surface area contributed by atoms with E-state index in [-0.39, 0.29) is 0 Å². The SMILES string of the molecule is CCC(C1CCCN1)n1c(Cn2nnc3ccccc32)nc2ccccc21. The normalized spacial score (nSPS) is 18.5. The molecule has 2 unspecified atom stereocenters. The molecule has 6 heteroatoms. The molecule has 27 heavy (non-hydrogen) atoms. The minimum atomic E-state index is 0.393. The van der Waals surface area contributed by atoms with Gasteiger partial charge in [-0.1, -0.05) is 36.4 Å². The van der Waals surface area contributed by atoms with E-state index >= 15 is 0 Å². The average molecular weight is 360 g/mol. The zero-order valence-corrected chi connectivity index (χ0v) is 15.5. The van der Waals surface area contributed by atoms with Gasteiger partial charge < -0.3 is 9.88 Å².